The van der Waals surface area contributed by atoms with Gasteiger partial charge >= 0.3 is 6.18 Å². The van der Waals surface area contributed by atoms with Crippen LogP contribution in [-0.4, -0.2) is 42.4 Å². The highest BCUT2D eigenvalue weighted by Crippen LogP contribution is 2.34. The minimum Gasteiger partial charge on any atom is -0.464 e. The number of hydrogen-bond donors (Lipinski definition) is 1. The number of rotatable bonds is 6. The average Bonchev–Trinajstić information content (AvgIpc) is 2.46. The molecule has 1 N–H and O–H groups in total. The van der Waals surface area contributed by atoms with Gasteiger partial charge in [0.1, 0.15) is 5.56 Å². The number of aromatic nitrogens is 1. The van der Waals surface area contributed by atoms with E-state index >= 15 is 0 Å². The molecule has 1 aromatic heterocycles. The lowest BCUT2D eigenvalue weighted by molar-refractivity contribution is -0.190. The zero-order valence-corrected chi connectivity index (χ0v) is 12.9. The van der Waals surface area contributed by atoms with E-state index in [4.69, 9.17) is 9.47 Å². The summed E-state index contributed by atoms with van der Waals surface area (Å²) in [4.78, 5) is 16.0. The summed E-state index contributed by atoms with van der Waals surface area (Å²) in [6, 6.07) is 2.84. The zero-order valence-electron chi connectivity index (χ0n) is 12.9. The van der Waals surface area contributed by atoms with Gasteiger partial charge in [-0.2, -0.15) is 13.2 Å². The third-order valence-corrected chi connectivity index (χ3v) is 4.03. The van der Waals surface area contributed by atoms with Crippen LogP contribution in [0.2, 0.25) is 0 Å². The lowest BCUT2D eigenvalue weighted by Crippen LogP contribution is -2.49. The standard InChI is InChI=1S/C15H19F3N2O3/c1-10(15(16,17)18)23-13-11(5-3-8-19-13)12(21)20-9-14(22-2)6-4-7-14/h3,5,8,10H,4,6-7,9H2,1-2H3,(H,20,21). The third-order valence-electron chi connectivity index (χ3n) is 4.03. The van der Waals surface area contributed by atoms with Crippen LogP contribution < -0.4 is 10.1 Å². The Morgan fingerprint density at radius 3 is 2.70 bits per heavy atom. The maximum absolute atomic E-state index is 12.6. The predicted octanol–water partition coefficient (Wildman–Crippen LogP) is 2.71. The smallest absolute Gasteiger partial charge is 0.425 e. The number of hydrogen-bond acceptors (Lipinski definition) is 4. The number of alkyl halides is 3. The molecule has 0 radical (unpaired) electrons. The van der Waals surface area contributed by atoms with E-state index in [9.17, 15) is 18.0 Å². The first kappa shape index (κ1) is 17.5. The molecular formula is C15H19F3N2O3. The molecule has 0 spiro atoms. The number of carbonyl (C=O) groups excluding carboxylic acids is 1. The summed E-state index contributed by atoms with van der Waals surface area (Å²) in [6.45, 7) is 1.16. The highest BCUT2D eigenvalue weighted by Gasteiger charge is 2.39. The van der Waals surface area contributed by atoms with Crippen molar-refractivity contribution in [3.8, 4) is 5.88 Å². The molecule has 1 aliphatic rings. The molecular weight excluding hydrogens is 313 g/mol. The topological polar surface area (TPSA) is 60.5 Å². The van der Waals surface area contributed by atoms with Gasteiger partial charge in [-0.3, -0.25) is 4.79 Å². The monoisotopic (exact) mass is 332 g/mol. The third kappa shape index (κ3) is 4.13. The van der Waals surface area contributed by atoms with Crippen LogP contribution in [0.25, 0.3) is 0 Å². The van der Waals surface area contributed by atoms with Crippen LogP contribution in [0, 0.1) is 0 Å². The maximum atomic E-state index is 12.6. The Hall–Kier alpha value is -1.83. The van der Waals surface area contributed by atoms with Gasteiger partial charge < -0.3 is 14.8 Å². The van der Waals surface area contributed by atoms with Crippen molar-refractivity contribution in [1.82, 2.24) is 10.3 Å². The molecule has 0 aliphatic heterocycles. The lowest BCUT2D eigenvalue weighted by atomic mass is 9.80. The van der Waals surface area contributed by atoms with E-state index in [0.29, 0.717) is 6.54 Å². The van der Waals surface area contributed by atoms with Gasteiger partial charge in [0.25, 0.3) is 5.91 Å². The number of halogens is 3. The Morgan fingerprint density at radius 2 is 2.17 bits per heavy atom. The largest absolute Gasteiger partial charge is 0.464 e. The molecule has 0 saturated heterocycles. The summed E-state index contributed by atoms with van der Waals surface area (Å²) in [5.74, 6) is -0.874. The van der Waals surface area contributed by atoms with Gasteiger partial charge in [0, 0.05) is 19.9 Å². The zero-order chi connectivity index (χ0) is 17.1. The molecule has 0 bridgehead atoms. The Morgan fingerprint density at radius 1 is 1.48 bits per heavy atom. The van der Waals surface area contributed by atoms with Crippen molar-refractivity contribution >= 4 is 5.91 Å². The summed E-state index contributed by atoms with van der Waals surface area (Å²) in [5.41, 5.74) is -0.410. The van der Waals surface area contributed by atoms with Crippen molar-refractivity contribution in [2.75, 3.05) is 13.7 Å². The second-order valence-electron chi connectivity index (χ2n) is 5.58. The molecule has 1 amide bonds. The number of amides is 1. The van der Waals surface area contributed by atoms with Gasteiger partial charge in [-0.15, -0.1) is 0 Å². The van der Waals surface area contributed by atoms with Crippen molar-refractivity contribution in [2.24, 2.45) is 0 Å². The van der Waals surface area contributed by atoms with Crippen molar-refractivity contribution < 1.29 is 27.4 Å². The highest BCUT2D eigenvalue weighted by molar-refractivity contribution is 5.96. The Kier molecular flexibility index (Phi) is 5.13. The highest BCUT2D eigenvalue weighted by atomic mass is 19.4. The Balaban J connectivity index is 2.05. The van der Waals surface area contributed by atoms with Crippen molar-refractivity contribution in [3.63, 3.8) is 0 Å². The van der Waals surface area contributed by atoms with Crippen LogP contribution in [0.4, 0.5) is 13.2 Å². The number of carbonyl (C=O) groups is 1. The van der Waals surface area contributed by atoms with E-state index in [1.54, 1.807) is 7.11 Å². The van der Waals surface area contributed by atoms with E-state index in [2.05, 4.69) is 10.3 Å². The molecule has 5 nitrogen and oxygen atoms in total. The number of pyridine rings is 1. The molecule has 1 saturated carbocycles. The second kappa shape index (κ2) is 6.74. The lowest BCUT2D eigenvalue weighted by Gasteiger charge is -2.40. The molecule has 1 aromatic rings. The van der Waals surface area contributed by atoms with Gasteiger partial charge in [-0.25, -0.2) is 4.98 Å². The quantitative estimate of drug-likeness (QED) is 0.870. The van der Waals surface area contributed by atoms with E-state index in [1.807, 2.05) is 0 Å². The van der Waals surface area contributed by atoms with Crippen LogP contribution >= 0.6 is 0 Å². The minimum absolute atomic E-state index is 0.0332. The number of ether oxygens (including phenoxy) is 2. The van der Waals surface area contributed by atoms with Gasteiger partial charge in [0.15, 0.2) is 6.10 Å². The molecule has 23 heavy (non-hydrogen) atoms. The second-order valence-corrected chi connectivity index (χ2v) is 5.58. The summed E-state index contributed by atoms with van der Waals surface area (Å²) in [7, 11) is 1.58. The fourth-order valence-corrected chi connectivity index (χ4v) is 2.25. The van der Waals surface area contributed by atoms with Crippen molar-refractivity contribution in [1.29, 1.82) is 0 Å². The fraction of sp³-hybridized carbons (Fsp3) is 0.600. The van der Waals surface area contributed by atoms with E-state index in [1.165, 1.54) is 18.3 Å². The predicted molar refractivity (Wildman–Crippen MR) is 76.3 cm³/mol. The van der Waals surface area contributed by atoms with Gasteiger partial charge in [0.05, 0.1) is 5.60 Å². The Labute approximate surface area is 132 Å². The van der Waals surface area contributed by atoms with Crippen LogP contribution in [0.15, 0.2) is 18.3 Å². The first-order valence-corrected chi connectivity index (χ1v) is 7.29. The van der Waals surface area contributed by atoms with Crippen LogP contribution in [0.3, 0.4) is 0 Å². The molecule has 1 aliphatic carbocycles. The van der Waals surface area contributed by atoms with Gasteiger partial charge in [-0.05, 0) is 38.3 Å². The normalized spacial score (nSPS) is 18.0. The van der Waals surface area contributed by atoms with Crippen LogP contribution in [0.1, 0.15) is 36.5 Å². The number of methoxy groups -OCH3 is 1. The van der Waals surface area contributed by atoms with Crippen LogP contribution in [-0.2, 0) is 4.74 Å². The molecule has 1 fully saturated rings. The van der Waals surface area contributed by atoms with Gasteiger partial charge in [-0.1, -0.05) is 0 Å². The SMILES string of the molecule is COC1(CNC(=O)c2cccnc2OC(C)C(F)(F)F)CCC1. The average molecular weight is 332 g/mol. The first-order valence-electron chi connectivity index (χ1n) is 7.29. The summed E-state index contributed by atoms with van der Waals surface area (Å²) >= 11 is 0. The summed E-state index contributed by atoms with van der Waals surface area (Å²) in [5, 5.41) is 2.68. The number of nitrogens with zero attached hydrogens (tertiary/aromatic N) is 1. The van der Waals surface area contributed by atoms with Crippen molar-refractivity contribution in [2.45, 2.75) is 44.1 Å². The van der Waals surface area contributed by atoms with E-state index in [-0.39, 0.29) is 17.0 Å². The molecule has 8 heteroatoms. The fourth-order valence-electron chi connectivity index (χ4n) is 2.25. The Bertz CT molecular complexity index is 554. The van der Waals surface area contributed by atoms with Gasteiger partial charge in [0.2, 0.25) is 5.88 Å². The molecule has 128 valence electrons. The molecule has 2 rings (SSSR count). The summed E-state index contributed by atoms with van der Waals surface area (Å²) in [6.07, 6.45) is -2.61. The minimum atomic E-state index is -4.53. The molecule has 1 heterocycles. The van der Waals surface area contributed by atoms with Crippen LogP contribution in [0.5, 0.6) is 5.88 Å². The van der Waals surface area contributed by atoms with E-state index in [0.717, 1.165) is 26.2 Å². The van der Waals surface area contributed by atoms with Crippen molar-refractivity contribution in [3.05, 3.63) is 23.9 Å². The summed E-state index contributed by atoms with van der Waals surface area (Å²) < 4.78 is 48.0. The maximum Gasteiger partial charge on any atom is 0.425 e. The molecule has 0 aromatic carbocycles. The molecule has 1 unspecified atom stereocenters. The number of nitrogens with one attached hydrogen (secondary N) is 1. The van der Waals surface area contributed by atoms with E-state index < -0.39 is 18.2 Å². The molecule has 1 atom stereocenters. The first-order chi connectivity index (χ1) is 10.8.